The molecule has 2 N–H and O–H groups in total. The molecule has 238 valence electrons. The van der Waals surface area contributed by atoms with Gasteiger partial charge in [0.05, 0.1) is 30.9 Å². The highest BCUT2D eigenvalue weighted by Crippen LogP contribution is 2.34. The predicted octanol–water partition coefficient (Wildman–Crippen LogP) is 3.49. The van der Waals surface area contributed by atoms with Crippen LogP contribution in [0.2, 0.25) is 0 Å². The van der Waals surface area contributed by atoms with Crippen molar-refractivity contribution in [3.63, 3.8) is 0 Å². The summed E-state index contributed by atoms with van der Waals surface area (Å²) in [6, 6.07) is -2.30. The van der Waals surface area contributed by atoms with E-state index in [1.807, 2.05) is 13.8 Å². The standard InChI is InChI=1S/C23H42BN13O6/c1-3-5-9-40-21-16(13-30-35-26)42-23(17(33-37-28)22(21)41-10-6-4-2)43-20-15(32-36-27)12-14(31-24)19(18(20)38)39-11-7-8-29-34-25/h14-23,31,38H,3-13,24H2,1-2H3/t14?,15?,16?,17?,18-,19?,20?,21-,22?,23-/m1/s1. The Bertz CT molecular complexity index is 1020. The van der Waals surface area contributed by atoms with E-state index in [0.717, 1.165) is 25.7 Å². The van der Waals surface area contributed by atoms with Crippen LogP contribution in [0, 0.1) is 0 Å². The molecule has 2 aliphatic rings. The van der Waals surface area contributed by atoms with Crippen LogP contribution in [0.15, 0.2) is 20.5 Å². The number of aliphatic hydroxyl groups is 1. The van der Waals surface area contributed by atoms with E-state index in [0.29, 0.717) is 19.6 Å². The maximum absolute atomic E-state index is 11.5. The number of aliphatic hydroxyl groups excluding tert-OH is 1. The Morgan fingerprint density at radius 2 is 1.47 bits per heavy atom. The molecule has 0 aromatic heterocycles. The summed E-state index contributed by atoms with van der Waals surface area (Å²) in [6.07, 6.45) is -2.97. The molecule has 2 fully saturated rings. The lowest BCUT2D eigenvalue weighted by Crippen LogP contribution is -2.65. The monoisotopic (exact) mass is 607 g/mol. The highest BCUT2D eigenvalue weighted by atomic mass is 16.7. The van der Waals surface area contributed by atoms with E-state index < -0.39 is 61.0 Å². The molecular formula is C23H42BN13O6. The summed E-state index contributed by atoms with van der Waals surface area (Å²) in [7, 11) is 1.70. The molecule has 1 aliphatic heterocycles. The highest BCUT2D eigenvalue weighted by Gasteiger charge is 2.51. The van der Waals surface area contributed by atoms with Gasteiger partial charge in [-0.1, -0.05) is 47.1 Å². The molecule has 1 aliphatic carbocycles. The van der Waals surface area contributed by atoms with Gasteiger partial charge >= 0.3 is 0 Å². The minimum absolute atomic E-state index is 0.116. The molecule has 1 saturated heterocycles. The number of unbranched alkanes of at least 4 members (excludes halogenated alkanes) is 2. The Balaban J connectivity index is 2.43. The Kier molecular flexibility index (Phi) is 17.6. The molecule has 1 heterocycles. The molecule has 0 spiro atoms. The largest absolute Gasteiger partial charge is 0.388 e. The molecule has 1 saturated carbocycles. The van der Waals surface area contributed by atoms with Crippen molar-refractivity contribution in [1.82, 2.24) is 5.23 Å². The van der Waals surface area contributed by atoms with Gasteiger partial charge in [0.2, 0.25) is 0 Å². The van der Waals surface area contributed by atoms with Crippen LogP contribution >= 0.6 is 0 Å². The third kappa shape index (κ3) is 10.9. The number of ether oxygens (including phenoxy) is 5. The van der Waals surface area contributed by atoms with Gasteiger partial charge in [-0.25, -0.2) is 0 Å². The minimum Gasteiger partial charge on any atom is -0.388 e. The molecular weight excluding hydrogens is 565 g/mol. The average Bonchev–Trinajstić information content (AvgIpc) is 3.01. The van der Waals surface area contributed by atoms with Crippen molar-refractivity contribution in [3.05, 3.63) is 41.8 Å². The van der Waals surface area contributed by atoms with Crippen molar-refractivity contribution >= 4 is 7.98 Å². The van der Waals surface area contributed by atoms with E-state index in [1.54, 1.807) is 7.98 Å². The van der Waals surface area contributed by atoms with E-state index in [9.17, 15) is 16.2 Å². The van der Waals surface area contributed by atoms with Gasteiger partial charge < -0.3 is 34.0 Å². The van der Waals surface area contributed by atoms with Gasteiger partial charge in [0.1, 0.15) is 24.4 Å². The first-order chi connectivity index (χ1) is 21.0. The van der Waals surface area contributed by atoms with E-state index in [2.05, 4.69) is 45.3 Å². The maximum atomic E-state index is 11.5. The van der Waals surface area contributed by atoms with Crippen molar-refractivity contribution in [2.45, 2.75) is 113 Å². The summed E-state index contributed by atoms with van der Waals surface area (Å²) in [5.74, 6) is 0. The first-order valence-corrected chi connectivity index (χ1v) is 14.6. The summed E-state index contributed by atoms with van der Waals surface area (Å²) < 4.78 is 30.9. The second kappa shape index (κ2) is 20.8. The minimum atomic E-state index is -1.30. The smallest absolute Gasteiger partial charge is 0.182 e. The summed E-state index contributed by atoms with van der Waals surface area (Å²) in [5, 5.41) is 29.6. The quantitative estimate of drug-likeness (QED) is 0.0682. The van der Waals surface area contributed by atoms with Gasteiger partial charge in [0, 0.05) is 52.1 Å². The molecule has 19 nitrogen and oxygen atoms in total. The molecule has 43 heavy (non-hydrogen) atoms. The fourth-order valence-corrected chi connectivity index (χ4v) is 5.15. The zero-order chi connectivity index (χ0) is 31.5. The number of nitrogens with zero attached hydrogens (tertiary/aromatic N) is 12. The third-order valence-corrected chi connectivity index (χ3v) is 7.32. The third-order valence-electron chi connectivity index (χ3n) is 7.32. The predicted molar refractivity (Wildman–Crippen MR) is 157 cm³/mol. The van der Waals surface area contributed by atoms with Crippen LogP contribution in [0.3, 0.4) is 0 Å². The van der Waals surface area contributed by atoms with E-state index in [4.69, 9.17) is 34.7 Å². The first-order valence-electron chi connectivity index (χ1n) is 14.6. The lowest BCUT2D eigenvalue weighted by atomic mass is 9.83. The van der Waals surface area contributed by atoms with E-state index in [1.165, 1.54) is 0 Å². The van der Waals surface area contributed by atoms with Gasteiger partial charge in [0.25, 0.3) is 0 Å². The van der Waals surface area contributed by atoms with Crippen molar-refractivity contribution < 1.29 is 28.8 Å². The van der Waals surface area contributed by atoms with Gasteiger partial charge in [-0.2, -0.15) is 0 Å². The molecule has 10 atom stereocenters. The molecule has 20 heteroatoms. The zero-order valence-electron chi connectivity index (χ0n) is 24.9. The molecule has 0 bridgehead atoms. The van der Waals surface area contributed by atoms with E-state index in [-0.39, 0.29) is 26.1 Å². The molecule has 0 amide bonds. The summed E-state index contributed by atoms with van der Waals surface area (Å²) >= 11 is 0. The van der Waals surface area contributed by atoms with Crippen LogP contribution in [0.25, 0.3) is 41.8 Å². The van der Waals surface area contributed by atoms with E-state index >= 15 is 0 Å². The Hall–Kier alpha value is -2.98. The fourth-order valence-electron chi connectivity index (χ4n) is 5.15. The van der Waals surface area contributed by atoms with Crippen molar-refractivity contribution in [2.24, 2.45) is 20.5 Å². The summed E-state index contributed by atoms with van der Waals surface area (Å²) in [4.78, 5) is 11.5. The van der Waals surface area contributed by atoms with Gasteiger partial charge in [-0.3, -0.25) is 0 Å². The lowest BCUT2D eigenvalue weighted by Gasteiger charge is -2.48. The number of nitrogens with one attached hydrogen (secondary N) is 1. The molecule has 2 rings (SSSR count). The van der Waals surface area contributed by atoms with Crippen molar-refractivity contribution in [2.75, 3.05) is 32.9 Å². The van der Waals surface area contributed by atoms with Gasteiger partial charge in [-0.15, -0.1) is 0 Å². The average molecular weight is 607 g/mol. The summed E-state index contributed by atoms with van der Waals surface area (Å²) in [5.41, 5.74) is 36.4. The van der Waals surface area contributed by atoms with Crippen LogP contribution in [0.4, 0.5) is 0 Å². The summed E-state index contributed by atoms with van der Waals surface area (Å²) in [6.45, 7) is 5.05. The van der Waals surface area contributed by atoms with Crippen LogP contribution < -0.4 is 5.23 Å². The second-order valence-electron chi connectivity index (χ2n) is 10.2. The lowest BCUT2D eigenvalue weighted by molar-refractivity contribution is -0.299. The maximum Gasteiger partial charge on any atom is 0.182 e. The molecule has 7 unspecified atom stereocenters. The van der Waals surface area contributed by atoms with Crippen molar-refractivity contribution in [3.8, 4) is 0 Å². The topological polar surface area (TPSA) is 273 Å². The molecule has 0 radical (unpaired) electrons. The van der Waals surface area contributed by atoms with Gasteiger partial charge in [0.15, 0.2) is 14.3 Å². The second-order valence-corrected chi connectivity index (χ2v) is 10.2. The number of rotatable bonds is 20. The van der Waals surface area contributed by atoms with Crippen LogP contribution in [-0.4, -0.2) is 107 Å². The fraction of sp³-hybridized carbons (Fsp3) is 1.00. The van der Waals surface area contributed by atoms with Crippen LogP contribution in [-0.2, 0) is 23.7 Å². The van der Waals surface area contributed by atoms with Crippen LogP contribution in [0.5, 0.6) is 0 Å². The SMILES string of the molecule is BNC1CC(N=[N+]=[N-])C(O[C@H]2OC(CN=[N+]=[N-])[C@@H](OCCCC)C(OCCCC)C2N=[N+]=[N-])[C@H](O)C1OCCCN=[N+]=[N-]. The van der Waals surface area contributed by atoms with Gasteiger partial charge in [-0.05, 0) is 47.8 Å². The normalized spacial score (nSPS) is 32.0. The molecule has 0 aromatic carbocycles. The first kappa shape index (κ1) is 36.2. The Morgan fingerprint density at radius 3 is 2.07 bits per heavy atom. The van der Waals surface area contributed by atoms with Crippen LogP contribution in [0.1, 0.15) is 52.4 Å². The number of hydrogen-bond donors (Lipinski definition) is 2. The number of hydrogen-bond acceptors (Lipinski definition) is 11. The zero-order valence-corrected chi connectivity index (χ0v) is 24.9. The Morgan fingerprint density at radius 1 is 0.837 bits per heavy atom. The molecule has 0 aromatic rings. The Labute approximate surface area is 250 Å². The van der Waals surface area contributed by atoms with Crippen molar-refractivity contribution in [1.29, 1.82) is 0 Å². The number of azide groups is 4. The highest BCUT2D eigenvalue weighted by molar-refractivity contribution is 6.04.